The standard InChI is InChI=1S/C12H15FN2O2/c13-10-3-1-9(2-4-10)11-7-15(5-6-17-11)8-12(14)16/h1-4,11H,5-8H2,(H2,14,16). The third kappa shape index (κ3) is 3.25. The average Bonchev–Trinajstić information content (AvgIpc) is 2.29. The van der Waals surface area contributed by atoms with Crippen LogP contribution in [-0.4, -0.2) is 37.0 Å². The summed E-state index contributed by atoms with van der Waals surface area (Å²) in [4.78, 5) is 12.8. The largest absolute Gasteiger partial charge is 0.371 e. The minimum absolute atomic E-state index is 0.122. The summed E-state index contributed by atoms with van der Waals surface area (Å²) in [6, 6.07) is 6.22. The second-order valence-electron chi connectivity index (χ2n) is 4.11. The Kier molecular flexibility index (Phi) is 3.71. The smallest absolute Gasteiger partial charge is 0.231 e. The molecule has 92 valence electrons. The van der Waals surface area contributed by atoms with Crippen molar-refractivity contribution >= 4 is 5.91 Å². The summed E-state index contributed by atoms with van der Waals surface area (Å²) in [5, 5.41) is 0. The van der Waals surface area contributed by atoms with E-state index in [0.717, 1.165) is 5.56 Å². The SMILES string of the molecule is NC(=O)CN1CCOC(c2ccc(F)cc2)C1. The molecule has 1 saturated heterocycles. The van der Waals surface area contributed by atoms with Gasteiger partial charge in [0.1, 0.15) is 5.82 Å². The van der Waals surface area contributed by atoms with E-state index in [4.69, 9.17) is 10.5 Å². The van der Waals surface area contributed by atoms with Gasteiger partial charge in [0.05, 0.1) is 19.3 Å². The van der Waals surface area contributed by atoms with Crippen molar-refractivity contribution < 1.29 is 13.9 Å². The van der Waals surface area contributed by atoms with E-state index in [1.165, 1.54) is 12.1 Å². The van der Waals surface area contributed by atoms with Crippen molar-refractivity contribution in [3.05, 3.63) is 35.6 Å². The van der Waals surface area contributed by atoms with Crippen LogP contribution in [0.5, 0.6) is 0 Å². The molecule has 2 N–H and O–H groups in total. The van der Waals surface area contributed by atoms with Crippen molar-refractivity contribution in [3.8, 4) is 0 Å². The number of nitrogens with two attached hydrogens (primary N) is 1. The number of carbonyl (C=O) groups is 1. The van der Waals surface area contributed by atoms with Crippen molar-refractivity contribution in [1.29, 1.82) is 0 Å². The van der Waals surface area contributed by atoms with Crippen LogP contribution in [0.3, 0.4) is 0 Å². The molecule has 1 aromatic carbocycles. The van der Waals surface area contributed by atoms with E-state index < -0.39 is 0 Å². The summed E-state index contributed by atoms with van der Waals surface area (Å²) in [6.45, 7) is 2.09. The summed E-state index contributed by atoms with van der Waals surface area (Å²) in [5.74, 6) is -0.608. The minimum atomic E-state index is -0.343. The first kappa shape index (κ1) is 12.0. The van der Waals surface area contributed by atoms with E-state index >= 15 is 0 Å². The Hall–Kier alpha value is -1.46. The number of morpholine rings is 1. The van der Waals surface area contributed by atoms with Crippen molar-refractivity contribution in [1.82, 2.24) is 4.90 Å². The number of amides is 1. The number of ether oxygens (including phenoxy) is 1. The van der Waals surface area contributed by atoms with Gasteiger partial charge in [-0.25, -0.2) is 4.39 Å². The van der Waals surface area contributed by atoms with Gasteiger partial charge in [0.25, 0.3) is 0 Å². The third-order valence-corrected chi connectivity index (χ3v) is 2.77. The maximum atomic E-state index is 12.8. The van der Waals surface area contributed by atoms with E-state index in [1.54, 1.807) is 12.1 Å². The van der Waals surface area contributed by atoms with Gasteiger partial charge in [0, 0.05) is 13.1 Å². The molecule has 1 aromatic rings. The Morgan fingerprint density at radius 3 is 2.82 bits per heavy atom. The zero-order valence-electron chi connectivity index (χ0n) is 9.43. The molecule has 0 saturated carbocycles. The van der Waals surface area contributed by atoms with Gasteiger partial charge in [-0.2, -0.15) is 0 Å². The molecule has 0 radical (unpaired) electrons. The van der Waals surface area contributed by atoms with E-state index in [1.807, 2.05) is 4.90 Å². The van der Waals surface area contributed by atoms with Gasteiger partial charge in [-0.1, -0.05) is 12.1 Å². The van der Waals surface area contributed by atoms with Crippen LogP contribution < -0.4 is 5.73 Å². The number of hydrogen-bond acceptors (Lipinski definition) is 3. The molecule has 1 atom stereocenters. The number of hydrogen-bond donors (Lipinski definition) is 1. The van der Waals surface area contributed by atoms with Crippen LogP contribution in [0.4, 0.5) is 4.39 Å². The van der Waals surface area contributed by atoms with E-state index in [0.29, 0.717) is 19.7 Å². The number of primary amides is 1. The van der Waals surface area contributed by atoms with Gasteiger partial charge in [-0.15, -0.1) is 0 Å². The molecule has 1 unspecified atom stereocenters. The fraction of sp³-hybridized carbons (Fsp3) is 0.417. The van der Waals surface area contributed by atoms with Crippen LogP contribution in [0.2, 0.25) is 0 Å². The topological polar surface area (TPSA) is 55.6 Å². The fourth-order valence-electron chi connectivity index (χ4n) is 1.95. The Balaban J connectivity index is 2.01. The van der Waals surface area contributed by atoms with Crippen molar-refractivity contribution in [2.75, 3.05) is 26.2 Å². The van der Waals surface area contributed by atoms with Gasteiger partial charge in [-0.3, -0.25) is 9.69 Å². The normalized spacial score (nSPS) is 21.4. The first-order chi connectivity index (χ1) is 8.15. The quantitative estimate of drug-likeness (QED) is 0.842. The summed E-state index contributed by atoms with van der Waals surface area (Å²) < 4.78 is 18.4. The van der Waals surface area contributed by atoms with Crippen LogP contribution in [-0.2, 0) is 9.53 Å². The van der Waals surface area contributed by atoms with Gasteiger partial charge < -0.3 is 10.5 Å². The molecule has 2 rings (SSSR count). The number of halogens is 1. The van der Waals surface area contributed by atoms with Gasteiger partial charge in [-0.05, 0) is 17.7 Å². The van der Waals surface area contributed by atoms with Crippen LogP contribution in [0.15, 0.2) is 24.3 Å². The van der Waals surface area contributed by atoms with Crippen molar-refractivity contribution in [2.45, 2.75) is 6.10 Å². The molecule has 1 aliphatic rings. The third-order valence-electron chi connectivity index (χ3n) is 2.77. The Morgan fingerprint density at radius 1 is 1.47 bits per heavy atom. The second-order valence-corrected chi connectivity index (χ2v) is 4.11. The Morgan fingerprint density at radius 2 is 2.18 bits per heavy atom. The first-order valence-electron chi connectivity index (χ1n) is 5.53. The number of rotatable bonds is 3. The minimum Gasteiger partial charge on any atom is -0.371 e. The highest BCUT2D eigenvalue weighted by Gasteiger charge is 2.22. The summed E-state index contributed by atoms with van der Waals surface area (Å²) >= 11 is 0. The van der Waals surface area contributed by atoms with Gasteiger partial charge in [0.15, 0.2) is 0 Å². The highest BCUT2D eigenvalue weighted by atomic mass is 19.1. The maximum absolute atomic E-state index is 12.8. The number of benzene rings is 1. The molecule has 0 aromatic heterocycles. The lowest BCUT2D eigenvalue weighted by atomic mass is 10.1. The van der Waals surface area contributed by atoms with E-state index in [2.05, 4.69) is 0 Å². The van der Waals surface area contributed by atoms with Crippen molar-refractivity contribution in [3.63, 3.8) is 0 Å². The van der Waals surface area contributed by atoms with Crippen LogP contribution in [0.1, 0.15) is 11.7 Å². The summed E-state index contributed by atoms with van der Waals surface area (Å²) in [7, 11) is 0. The molecule has 1 aliphatic heterocycles. The van der Waals surface area contributed by atoms with Crippen LogP contribution in [0, 0.1) is 5.82 Å². The summed E-state index contributed by atoms with van der Waals surface area (Å²) in [5.41, 5.74) is 6.07. The molecule has 5 heteroatoms. The molecule has 0 spiro atoms. The number of nitrogens with zero attached hydrogens (tertiary/aromatic N) is 1. The van der Waals surface area contributed by atoms with E-state index in [9.17, 15) is 9.18 Å². The number of carbonyl (C=O) groups excluding carboxylic acids is 1. The molecule has 0 aliphatic carbocycles. The molecule has 1 heterocycles. The average molecular weight is 238 g/mol. The molecular weight excluding hydrogens is 223 g/mol. The maximum Gasteiger partial charge on any atom is 0.231 e. The first-order valence-corrected chi connectivity index (χ1v) is 5.53. The molecule has 0 bridgehead atoms. The Labute approximate surface area is 99.2 Å². The van der Waals surface area contributed by atoms with Gasteiger partial charge >= 0.3 is 0 Å². The van der Waals surface area contributed by atoms with Crippen LogP contribution >= 0.6 is 0 Å². The monoisotopic (exact) mass is 238 g/mol. The summed E-state index contributed by atoms with van der Waals surface area (Å²) in [6.07, 6.45) is -0.122. The van der Waals surface area contributed by atoms with Crippen molar-refractivity contribution in [2.24, 2.45) is 5.73 Å². The predicted molar refractivity (Wildman–Crippen MR) is 60.7 cm³/mol. The molecule has 1 amide bonds. The highest BCUT2D eigenvalue weighted by molar-refractivity contribution is 5.75. The molecular formula is C12H15FN2O2. The molecule has 4 nitrogen and oxygen atoms in total. The second kappa shape index (κ2) is 5.25. The lowest BCUT2D eigenvalue weighted by Gasteiger charge is -2.32. The lowest BCUT2D eigenvalue weighted by molar-refractivity contribution is -0.121. The lowest BCUT2D eigenvalue weighted by Crippen LogP contribution is -2.42. The zero-order chi connectivity index (χ0) is 12.3. The Bertz CT molecular complexity index is 394. The molecule has 1 fully saturated rings. The zero-order valence-corrected chi connectivity index (χ0v) is 9.43. The van der Waals surface area contributed by atoms with Crippen LogP contribution in [0.25, 0.3) is 0 Å². The predicted octanol–water partition coefficient (Wildman–Crippen LogP) is 0.684. The van der Waals surface area contributed by atoms with E-state index in [-0.39, 0.29) is 24.4 Å². The van der Waals surface area contributed by atoms with Gasteiger partial charge in [0.2, 0.25) is 5.91 Å². The molecule has 17 heavy (non-hydrogen) atoms. The fourth-order valence-corrected chi connectivity index (χ4v) is 1.95. The highest BCUT2D eigenvalue weighted by Crippen LogP contribution is 2.22.